The number of halogens is 1. The van der Waals surface area contributed by atoms with E-state index in [9.17, 15) is 9.59 Å². The van der Waals surface area contributed by atoms with Crippen LogP contribution in [-0.4, -0.2) is 36.9 Å². The summed E-state index contributed by atoms with van der Waals surface area (Å²) < 4.78 is 16.8. The lowest BCUT2D eigenvalue weighted by Crippen LogP contribution is -2.32. The third-order valence-corrected chi connectivity index (χ3v) is 5.65. The van der Waals surface area contributed by atoms with E-state index in [1.807, 2.05) is 26.0 Å². The lowest BCUT2D eigenvalue weighted by molar-refractivity contribution is -0.139. The van der Waals surface area contributed by atoms with E-state index in [4.69, 9.17) is 13.9 Å². The van der Waals surface area contributed by atoms with Crippen molar-refractivity contribution >= 4 is 33.6 Å². The van der Waals surface area contributed by atoms with Crippen molar-refractivity contribution in [3.05, 3.63) is 57.3 Å². The molecule has 0 bridgehead atoms. The fourth-order valence-corrected chi connectivity index (χ4v) is 4.08. The molecule has 1 aromatic rings. The molecule has 0 aromatic carbocycles. The number of aliphatic imine (C=N–C) groups is 1. The second-order valence-electron chi connectivity index (χ2n) is 7.60. The Hall–Kier alpha value is -2.61. The summed E-state index contributed by atoms with van der Waals surface area (Å²) in [6, 6.07) is 3.44. The number of ether oxygens (including phenoxy) is 2. The van der Waals surface area contributed by atoms with E-state index in [1.54, 1.807) is 26.0 Å². The van der Waals surface area contributed by atoms with Crippen molar-refractivity contribution in [2.45, 2.75) is 45.6 Å². The SMILES string of the molecule is COC(=O)C1=C(C)NC(C)=C(C(=O)OCCC2(C)C=CC(C)=N2)C1c1ccc(Br)o1. The van der Waals surface area contributed by atoms with Crippen LogP contribution in [0.3, 0.4) is 0 Å². The number of carbonyl (C=O) groups is 2. The van der Waals surface area contributed by atoms with Crippen molar-refractivity contribution in [3.63, 3.8) is 0 Å². The standard InChI is InChI=1S/C22H25BrN2O5/c1-12-8-9-22(4,25-12)10-11-29-21(27)18-14(3)24-13(2)17(20(26)28-5)19(18)15-6-7-16(23)30-15/h6-9,19,24H,10-11H2,1-5H3. The third-order valence-electron chi connectivity index (χ3n) is 5.22. The summed E-state index contributed by atoms with van der Waals surface area (Å²) in [5, 5.41) is 3.10. The van der Waals surface area contributed by atoms with Crippen molar-refractivity contribution in [2.24, 2.45) is 4.99 Å². The molecule has 0 spiro atoms. The van der Waals surface area contributed by atoms with Crippen LogP contribution in [0.4, 0.5) is 0 Å². The normalized spacial score (nSPS) is 23.4. The number of methoxy groups -OCH3 is 1. The molecule has 0 saturated carbocycles. The van der Waals surface area contributed by atoms with Gasteiger partial charge in [-0.05, 0) is 61.8 Å². The van der Waals surface area contributed by atoms with Gasteiger partial charge in [-0.3, -0.25) is 4.99 Å². The molecule has 2 aliphatic heterocycles. The summed E-state index contributed by atoms with van der Waals surface area (Å²) >= 11 is 3.28. The zero-order valence-corrected chi connectivity index (χ0v) is 19.3. The van der Waals surface area contributed by atoms with Gasteiger partial charge in [0.2, 0.25) is 0 Å². The molecule has 0 aliphatic carbocycles. The highest BCUT2D eigenvalue weighted by atomic mass is 79.9. The molecule has 3 heterocycles. The van der Waals surface area contributed by atoms with Gasteiger partial charge in [0.15, 0.2) is 4.67 Å². The van der Waals surface area contributed by atoms with Gasteiger partial charge >= 0.3 is 11.9 Å². The number of nitrogens with one attached hydrogen (secondary N) is 1. The van der Waals surface area contributed by atoms with Crippen molar-refractivity contribution < 1.29 is 23.5 Å². The van der Waals surface area contributed by atoms with Crippen molar-refractivity contribution in [1.29, 1.82) is 0 Å². The molecule has 0 amide bonds. The Morgan fingerprint density at radius 2 is 1.87 bits per heavy atom. The molecular weight excluding hydrogens is 452 g/mol. The van der Waals surface area contributed by atoms with E-state index in [0.717, 1.165) is 5.71 Å². The minimum atomic E-state index is -0.736. The van der Waals surface area contributed by atoms with Crippen LogP contribution < -0.4 is 5.32 Å². The molecule has 3 rings (SSSR count). The lowest BCUT2D eigenvalue weighted by atomic mass is 9.83. The topological polar surface area (TPSA) is 90.1 Å². The lowest BCUT2D eigenvalue weighted by Gasteiger charge is -2.29. The van der Waals surface area contributed by atoms with Crippen LogP contribution in [-0.2, 0) is 19.1 Å². The molecule has 0 radical (unpaired) electrons. The molecule has 0 saturated heterocycles. The largest absolute Gasteiger partial charge is 0.466 e. The monoisotopic (exact) mass is 476 g/mol. The average Bonchev–Trinajstić information content (AvgIpc) is 3.25. The minimum absolute atomic E-state index is 0.193. The van der Waals surface area contributed by atoms with E-state index in [0.29, 0.717) is 39.4 Å². The number of esters is 2. The van der Waals surface area contributed by atoms with Gasteiger partial charge in [0, 0.05) is 23.5 Å². The summed E-state index contributed by atoms with van der Waals surface area (Å²) in [5.41, 5.74) is 2.39. The molecule has 8 heteroatoms. The first-order valence-corrected chi connectivity index (χ1v) is 10.4. The highest BCUT2D eigenvalue weighted by molar-refractivity contribution is 9.10. The number of dihydropyridines is 1. The predicted octanol–water partition coefficient (Wildman–Crippen LogP) is 4.17. The number of furan rings is 1. The van der Waals surface area contributed by atoms with E-state index in [-0.39, 0.29) is 12.1 Å². The van der Waals surface area contributed by atoms with Crippen LogP contribution in [0.15, 0.2) is 60.9 Å². The first-order chi connectivity index (χ1) is 14.1. The number of allylic oxidation sites excluding steroid dienone is 3. The van der Waals surface area contributed by atoms with E-state index in [2.05, 4.69) is 26.2 Å². The minimum Gasteiger partial charge on any atom is -0.466 e. The molecule has 30 heavy (non-hydrogen) atoms. The van der Waals surface area contributed by atoms with Gasteiger partial charge in [-0.1, -0.05) is 6.08 Å². The smallest absolute Gasteiger partial charge is 0.336 e. The maximum absolute atomic E-state index is 13.1. The first-order valence-electron chi connectivity index (χ1n) is 9.60. The van der Waals surface area contributed by atoms with Crippen LogP contribution in [0.25, 0.3) is 0 Å². The Bertz CT molecular complexity index is 1000. The van der Waals surface area contributed by atoms with Crippen molar-refractivity contribution in [2.75, 3.05) is 13.7 Å². The Balaban J connectivity index is 1.87. The Labute approximate surface area is 184 Å². The van der Waals surface area contributed by atoms with Gasteiger partial charge in [-0.15, -0.1) is 0 Å². The van der Waals surface area contributed by atoms with Gasteiger partial charge in [0.1, 0.15) is 5.76 Å². The van der Waals surface area contributed by atoms with Gasteiger partial charge in [0.05, 0.1) is 36.3 Å². The third kappa shape index (κ3) is 4.43. The summed E-state index contributed by atoms with van der Waals surface area (Å²) in [4.78, 5) is 30.2. The molecule has 1 N–H and O–H groups in total. The molecule has 0 fully saturated rings. The maximum Gasteiger partial charge on any atom is 0.336 e. The first kappa shape index (κ1) is 22.1. The predicted molar refractivity (Wildman–Crippen MR) is 116 cm³/mol. The number of hydrogen-bond acceptors (Lipinski definition) is 7. The Morgan fingerprint density at radius 1 is 1.20 bits per heavy atom. The van der Waals surface area contributed by atoms with E-state index < -0.39 is 17.9 Å². The van der Waals surface area contributed by atoms with Crippen LogP contribution in [0, 0.1) is 0 Å². The summed E-state index contributed by atoms with van der Waals surface area (Å²) in [6.45, 7) is 7.65. The van der Waals surface area contributed by atoms with Gasteiger partial charge in [-0.25, -0.2) is 9.59 Å². The second-order valence-corrected chi connectivity index (χ2v) is 8.38. The summed E-state index contributed by atoms with van der Waals surface area (Å²) in [6.07, 6.45) is 4.52. The molecule has 2 aliphatic rings. The number of rotatable bonds is 6. The Morgan fingerprint density at radius 3 is 2.40 bits per heavy atom. The Kier molecular flexibility index (Phi) is 6.36. The number of hydrogen-bond donors (Lipinski definition) is 1. The highest BCUT2D eigenvalue weighted by Gasteiger charge is 2.39. The fraction of sp³-hybridized carbons (Fsp3) is 0.409. The van der Waals surface area contributed by atoms with E-state index in [1.165, 1.54) is 7.11 Å². The van der Waals surface area contributed by atoms with E-state index >= 15 is 0 Å². The molecular formula is C22H25BrN2O5. The van der Waals surface area contributed by atoms with Crippen molar-refractivity contribution in [3.8, 4) is 0 Å². The van der Waals surface area contributed by atoms with Gasteiger partial charge in [-0.2, -0.15) is 0 Å². The molecule has 1 aromatic heterocycles. The fourth-order valence-electron chi connectivity index (χ4n) is 3.76. The van der Waals surface area contributed by atoms with Gasteiger partial charge in [0.25, 0.3) is 0 Å². The molecule has 2 atom stereocenters. The highest BCUT2D eigenvalue weighted by Crippen LogP contribution is 2.40. The van der Waals surface area contributed by atoms with Crippen LogP contribution in [0.5, 0.6) is 0 Å². The zero-order valence-electron chi connectivity index (χ0n) is 17.7. The average molecular weight is 477 g/mol. The molecule has 7 nitrogen and oxygen atoms in total. The van der Waals surface area contributed by atoms with Gasteiger partial charge < -0.3 is 19.2 Å². The second kappa shape index (κ2) is 8.63. The summed E-state index contributed by atoms with van der Waals surface area (Å²) in [5.74, 6) is -1.35. The number of carbonyl (C=O) groups excluding carboxylic acids is 2. The van der Waals surface area contributed by atoms with Crippen LogP contribution in [0.2, 0.25) is 0 Å². The summed E-state index contributed by atoms with van der Waals surface area (Å²) in [7, 11) is 1.30. The maximum atomic E-state index is 13.1. The number of nitrogens with zero attached hydrogens (tertiary/aromatic N) is 1. The molecule has 160 valence electrons. The molecule has 2 unspecified atom stereocenters. The van der Waals surface area contributed by atoms with Crippen molar-refractivity contribution in [1.82, 2.24) is 5.32 Å². The zero-order chi connectivity index (χ0) is 22.1. The quantitative estimate of drug-likeness (QED) is 0.619. The van der Waals surface area contributed by atoms with Crippen LogP contribution in [0.1, 0.15) is 45.8 Å². The van der Waals surface area contributed by atoms with Crippen LogP contribution >= 0.6 is 15.9 Å².